The molecule has 27 heavy (non-hydrogen) atoms. The van der Waals surface area contributed by atoms with E-state index < -0.39 is 6.04 Å². The highest BCUT2D eigenvalue weighted by atomic mass is 32.1. The zero-order chi connectivity index (χ0) is 18.4. The van der Waals surface area contributed by atoms with Gasteiger partial charge in [0.1, 0.15) is 10.9 Å². The monoisotopic (exact) mass is 380 g/mol. The summed E-state index contributed by atoms with van der Waals surface area (Å²) < 4.78 is 6.99. The van der Waals surface area contributed by atoms with Crippen LogP contribution in [0.5, 0.6) is 0 Å². The van der Waals surface area contributed by atoms with E-state index >= 15 is 0 Å². The molecular weight excluding hydrogens is 364 g/mol. The predicted octanol–water partition coefficient (Wildman–Crippen LogP) is 2.16. The standard InChI is InChI=1S/C18H16N6O2S/c1-10(16-22-15(23-26-16)11-2-5-19-6-3-11)24-9-21-17-14(18(24)25)12-4-7-20-8-13(12)27-17/h2-3,5-6,9-10,20H,4,7-8H2,1H3/t10-/m0/s1. The predicted molar refractivity (Wildman–Crippen MR) is 101 cm³/mol. The van der Waals surface area contributed by atoms with Crippen molar-refractivity contribution in [2.75, 3.05) is 6.54 Å². The van der Waals surface area contributed by atoms with Gasteiger partial charge in [-0.15, -0.1) is 11.3 Å². The SMILES string of the molecule is C[C@@H](c1nc(-c2ccncc2)no1)n1cnc2sc3c(c2c1=O)CCNC3. The summed E-state index contributed by atoms with van der Waals surface area (Å²) >= 11 is 1.59. The van der Waals surface area contributed by atoms with E-state index in [9.17, 15) is 4.79 Å². The molecule has 4 aromatic rings. The fourth-order valence-electron chi connectivity index (χ4n) is 3.35. The Kier molecular flexibility index (Phi) is 3.83. The zero-order valence-corrected chi connectivity index (χ0v) is 15.4. The molecule has 0 saturated heterocycles. The van der Waals surface area contributed by atoms with Crippen LogP contribution >= 0.6 is 11.3 Å². The first-order valence-electron chi connectivity index (χ1n) is 8.68. The molecule has 5 heterocycles. The molecule has 0 unspecified atom stereocenters. The summed E-state index contributed by atoms with van der Waals surface area (Å²) in [6.45, 7) is 3.53. The van der Waals surface area contributed by atoms with Gasteiger partial charge in [0.05, 0.1) is 11.7 Å². The van der Waals surface area contributed by atoms with Crippen molar-refractivity contribution in [3.63, 3.8) is 0 Å². The Morgan fingerprint density at radius 3 is 3.04 bits per heavy atom. The molecule has 1 aliphatic heterocycles. The lowest BCUT2D eigenvalue weighted by Gasteiger charge is -2.13. The molecule has 4 aromatic heterocycles. The number of hydrogen-bond donors (Lipinski definition) is 1. The molecular formula is C18H16N6O2S. The fraction of sp³-hybridized carbons (Fsp3) is 0.278. The van der Waals surface area contributed by atoms with Gasteiger partial charge in [-0.3, -0.25) is 14.3 Å². The molecule has 5 rings (SSSR count). The van der Waals surface area contributed by atoms with Crippen LogP contribution in [0.4, 0.5) is 0 Å². The van der Waals surface area contributed by atoms with E-state index in [2.05, 4.69) is 25.4 Å². The molecule has 1 aliphatic rings. The Morgan fingerprint density at radius 1 is 1.33 bits per heavy atom. The Labute approximate surface area is 157 Å². The molecule has 136 valence electrons. The van der Waals surface area contributed by atoms with Gasteiger partial charge in [0.25, 0.3) is 5.56 Å². The molecule has 1 atom stereocenters. The third-order valence-electron chi connectivity index (χ3n) is 4.81. The van der Waals surface area contributed by atoms with E-state index in [0.717, 1.165) is 40.9 Å². The van der Waals surface area contributed by atoms with Crippen LogP contribution in [0.2, 0.25) is 0 Å². The van der Waals surface area contributed by atoms with E-state index in [4.69, 9.17) is 4.52 Å². The third kappa shape index (κ3) is 2.66. The topological polar surface area (TPSA) is 98.7 Å². The Morgan fingerprint density at radius 2 is 2.19 bits per heavy atom. The Hall–Kier alpha value is -2.91. The lowest BCUT2D eigenvalue weighted by atomic mass is 10.1. The molecule has 0 radical (unpaired) electrons. The molecule has 0 fully saturated rings. The maximum Gasteiger partial charge on any atom is 0.263 e. The second-order valence-electron chi connectivity index (χ2n) is 6.44. The van der Waals surface area contributed by atoms with Crippen LogP contribution in [-0.4, -0.2) is 31.2 Å². The number of aromatic nitrogens is 5. The van der Waals surface area contributed by atoms with E-state index in [0.29, 0.717) is 11.7 Å². The normalized spacial score (nSPS) is 15.0. The van der Waals surface area contributed by atoms with Crippen LogP contribution in [-0.2, 0) is 13.0 Å². The lowest BCUT2D eigenvalue weighted by Crippen LogP contribution is -2.27. The highest BCUT2D eigenvalue weighted by molar-refractivity contribution is 7.18. The van der Waals surface area contributed by atoms with Crippen molar-refractivity contribution >= 4 is 21.6 Å². The van der Waals surface area contributed by atoms with Gasteiger partial charge in [-0.1, -0.05) is 5.16 Å². The number of pyridine rings is 1. The average Bonchev–Trinajstić information content (AvgIpc) is 3.34. The van der Waals surface area contributed by atoms with Gasteiger partial charge in [-0.25, -0.2) is 4.98 Å². The van der Waals surface area contributed by atoms with Crippen molar-refractivity contribution < 1.29 is 4.52 Å². The molecule has 0 aliphatic carbocycles. The minimum atomic E-state index is -0.408. The second-order valence-corrected chi connectivity index (χ2v) is 7.52. The number of thiophene rings is 1. The van der Waals surface area contributed by atoms with Gasteiger partial charge in [0.15, 0.2) is 0 Å². The average molecular weight is 380 g/mol. The first-order chi connectivity index (χ1) is 13.2. The third-order valence-corrected chi connectivity index (χ3v) is 5.95. The smallest absolute Gasteiger partial charge is 0.263 e. The number of fused-ring (bicyclic) bond motifs is 3. The van der Waals surface area contributed by atoms with Crippen molar-refractivity contribution in [3.05, 3.63) is 57.5 Å². The van der Waals surface area contributed by atoms with Crippen LogP contribution in [0, 0.1) is 0 Å². The van der Waals surface area contributed by atoms with Crippen LogP contribution in [0.1, 0.15) is 29.3 Å². The van der Waals surface area contributed by atoms with E-state index in [1.54, 1.807) is 34.6 Å². The van der Waals surface area contributed by atoms with Gasteiger partial charge in [0, 0.05) is 29.4 Å². The largest absolute Gasteiger partial charge is 0.337 e. The van der Waals surface area contributed by atoms with Crippen molar-refractivity contribution in [2.45, 2.75) is 25.9 Å². The molecule has 0 saturated carbocycles. The Bertz CT molecular complexity index is 1180. The van der Waals surface area contributed by atoms with Gasteiger partial charge in [-0.05, 0) is 37.6 Å². The molecule has 0 amide bonds. The number of rotatable bonds is 3. The van der Waals surface area contributed by atoms with Gasteiger partial charge < -0.3 is 9.84 Å². The van der Waals surface area contributed by atoms with Crippen LogP contribution < -0.4 is 10.9 Å². The highest BCUT2D eigenvalue weighted by Crippen LogP contribution is 2.30. The van der Waals surface area contributed by atoms with Crippen molar-refractivity contribution in [2.24, 2.45) is 0 Å². The van der Waals surface area contributed by atoms with Crippen LogP contribution in [0.3, 0.4) is 0 Å². The molecule has 0 aromatic carbocycles. The first kappa shape index (κ1) is 16.3. The van der Waals surface area contributed by atoms with Crippen LogP contribution in [0.25, 0.3) is 21.6 Å². The first-order valence-corrected chi connectivity index (χ1v) is 9.50. The molecule has 0 bridgehead atoms. The van der Waals surface area contributed by atoms with Crippen molar-refractivity contribution in [1.82, 2.24) is 30.0 Å². The molecule has 9 heteroatoms. The summed E-state index contributed by atoms with van der Waals surface area (Å²) in [6, 6.07) is 3.21. The van der Waals surface area contributed by atoms with Crippen molar-refractivity contribution in [3.8, 4) is 11.4 Å². The lowest BCUT2D eigenvalue weighted by molar-refractivity contribution is 0.342. The van der Waals surface area contributed by atoms with Crippen LogP contribution in [0.15, 0.2) is 40.2 Å². The van der Waals surface area contributed by atoms with Gasteiger partial charge in [0.2, 0.25) is 11.7 Å². The summed E-state index contributed by atoms with van der Waals surface area (Å²) in [5.74, 6) is 0.844. The summed E-state index contributed by atoms with van der Waals surface area (Å²) in [7, 11) is 0. The number of nitrogens with one attached hydrogen (secondary N) is 1. The summed E-state index contributed by atoms with van der Waals surface area (Å²) in [5.41, 5.74) is 1.87. The number of hydrogen-bond acceptors (Lipinski definition) is 8. The van der Waals surface area contributed by atoms with E-state index in [1.807, 2.05) is 19.1 Å². The van der Waals surface area contributed by atoms with E-state index in [1.165, 1.54) is 4.88 Å². The summed E-state index contributed by atoms with van der Waals surface area (Å²) in [6.07, 6.45) is 5.76. The Balaban J connectivity index is 1.57. The molecule has 8 nitrogen and oxygen atoms in total. The number of nitrogens with zero attached hydrogens (tertiary/aromatic N) is 5. The van der Waals surface area contributed by atoms with Gasteiger partial charge in [-0.2, -0.15) is 4.98 Å². The van der Waals surface area contributed by atoms with E-state index in [-0.39, 0.29) is 5.56 Å². The maximum atomic E-state index is 13.2. The fourth-order valence-corrected chi connectivity index (χ4v) is 4.49. The quantitative estimate of drug-likeness (QED) is 0.581. The van der Waals surface area contributed by atoms with Crippen molar-refractivity contribution in [1.29, 1.82) is 0 Å². The second kappa shape index (κ2) is 6.36. The minimum Gasteiger partial charge on any atom is -0.337 e. The zero-order valence-electron chi connectivity index (χ0n) is 14.5. The molecule has 0 spiro atoms. The maximum absolute atomic E-state index is 13.2. The highest BCUT2D eigenvalue weighted by Gasteiger charge is 2.23. The summed E-state index contributed by atoms with van der Waals surface area (Å²) in [4.78, 5) is 28.1. The van der Waals surface area contributed by atoms with Gasteiger partial charge >= 0.3 is 0 Å². The minimum absolute atomic E-state index is 0.0597. The molecule has 1 N–H and O–H groups in total. The summed E-state index contributed by atoms with van der Waals surface area (Å²) in [5, 5.41) is 8.09.